The lowest BCUT2D eigenvalue weighted by Gasteiger charge is -2.36. The minimum atomic E-state index is 0.0519. The molecule has 1 heterocycles. The average molecular weight is 380 g/mol. The van der Waals surface area contributed by atoms with Gasteiger partial charge in [-0.25, -0.2) is 0 Å². The van der Waals surface area contributed by atoms with E-state index in [2.05, 4.69) is 23.2 Å². The van der Waals surface area contributed by atoms with Gasteiger partial charge in [-0.1, -0.05) is 31.2 Å². The molecule has 0 aromatic heterocycles. The van der Waals surface area contributed by atoms with Gasteiger partial charge < -0.3 is 15.1 Å². The Morgan fingerprint density at radius 3 is 2.29 bits per heavy atom. The Labute approximate surface area is 167 Å². The molecule has 148 valence electrons. The van der Waals surface area contributed by atoms with E-state index in [0.717, 1.165) is 49.5 Å². The molecule has 0 radical (unpaired) electrons. The number of benzene rings is 2. The van der Waals surface area contributed by atoms with Gasteiger partial charge in [0.2, 0.25) is 11.8 Å². The molecule has 1 N–H and O–H groups in total. The number of piperazine rings is 1. The van der Waals surface area contributed by atoms with Crippen LogP contribution in [0.5, 0.6) is 0 Å². The Balaban J connectivity index is 1.51. The minimum absolute atomic E-state index is 0.0519. The van der Waals surface area contributed by atoms with E-state index in [1.807, 2.05) is 54.3 Å². The van der Waals surface area contributed by atoms with E-state index in [0.29, 0.717) is 12.8 Å². The SMILES string of the molecule is CCCC(=O)Nc1ccc(N2CCN(C(=O)Cc3ccccc3C)CC2)cc1. The lowest BCUT2D eigenvalue weighted by molar-refractivity contribution is -0.130. The van der Waals surface area contributed by atoms with Crippen LogP contribution in [0.1, 0.15) is 30.9 Å². The summed E-state index contributed by atoms with van der Waals surface area (Å²) in [7, 11) is 0. The fraction of sp³-hybridized carbons (Fsp3) is 0.391. The molecule has 1 fully saturated rings. The Hall–Kier alpha value is -2.82. The maximum absolute atomic E-state index is 12.6. The first kappa shape index (κ1) is 19.9. The number of carbonyl (C=O) groups excluding carboxylic acids is 2. The molecule has 0 aliphatic carbocycles. The lowest BCUT2D eigenvalue weighted by atomic mass is 10.1. The van der Waals surface area contributed by atoms with Crippen LogP contribution < -0.4 is 10.2 Å². The number of rotatable bonds is 6. The Bertz CT molecular complexity index is 809. The van der Waals surface area contributed by atoms with Crippen LogP contribution >= 0.6 is 0 Å². The number of aryl methyl sites for hydroxylation is 1. The quantitative estimate of drug-likeness (QED) is 0.834. The smallest absolute Gasteiger partial charge is 0.227 e. The van der Waals surface area contributed by atoms with E-state index in [-0.39, 0.29) is 11.8 Å². The fourth-order valence-corrected chi connectivity index (χ4v) is 3.50. The highest BCUT2D eigenvalue weighted by Crippen LogP contribution is 2.20. The number of carbonyl (C=O) groups is 2. The summed E-state index contributed by atoms with van der Waals surface area (Å²) in [5.74, 6) is 0.249. The van der Waals surface area contributed by atoms with Gasteiger partial charge in [0, 0.05) is 44.0 Å². The molecule has 0 spiro atoms. The number of nitrogens with zero attached hydrogens (tertiary/aromatic N) is 2. The van der Waals surface area contributed by atoms with Gasteiger partial charge in [-0.2, -0.15) is 0 Å². The van der Waals surface area contributed by atoms with Crippen LogP contribution in [0.25, 0.3) is 0 Å². The van der Waals surface area contributed by atoms with Crippen molar-refractivity contribution >= 4 is 23.2 Å². The molecule has 1 aliphatic rings. The van der Waals surface area contributed by atoms with E-state index < -0.39 is 0 Å². The van der Waals surface area contributed by atoms with Crippen molar-refractivity contribution in [2.24, 2.45) is 0 Å². The van der Waals surface area contributed by atoms with Gasteiger partial charge >= 0.3 is 0 Å². The molecule has 2 amide bonds. The first-order valence-electron chi connectivity index (χ1n) is 10.0. The molecule has 0 unspecified atom stereocenters. The average Bonchev–Trinajstić information content (AvgIpc) is 2.70. The monoisotopic (exact) mass is 379 g/mol. The zero-order chi connectivity index (χ0) is 19.9. The largest absolute Gasteiger partial charge is 0.368 e. The summed E-state index contributed by atoms with van der Waals surface area (Å²) in [4.78, 5) is 28.6. The molecule has 28 heavy (non-hydrogen) atoms. The molecule has 2 aromatic rings. The second kappa shape index (κ2) is 9.40. The number of anilines is 2. The molecule has 0 saturated carbocycles. The van der Waals surface area contributed by atoms with Crippen LogP contribution in [0, 0.1) is 6.92 Å². The van der Waals surface area contributed by atoms with Crippen molar-refractivity contribution in [2.75, 3.05) is 36.4 Å². The Kier molecular flexibility index (Phi) is 6.69. The van der Waals surface area contributed by atoms with Crippen molar-refractivity contribution < 1.29 is 9.59 Å². The van der Waals surface area contributed by atoms with Crippen molar-refractivity contribution in [1.82, 2.24) is 4.90 Å². The summed E-state index contributed by atoms with van der Waals surface area (Å²) in [6, 6.07) is 16.0. The van der Waals surface area contributed by atoms with E-state index in [4.69, 9.17) is 0 Å². The molecule has 2 aromatic carbocycles. The van der Waals surface area contributed by atoms with Crippen LogP contribution in [-0.4, -0.2) is 42.9 Å². The highest BCUT2D eigenvalue weighted by Gasteiger charge is 2.21. The van der Waals surface area contributed by atoms with Gasteiger partial charge in [0.25, 0.3) is 0 Å². The molecular weight excluding hydrogens is 350 g/mol. The fourth-order valence-electron chi connectivity index (χ4n) is 3.50. The van der Waals surface area contributed by atoms with Crippen LogP contribution in [0.15, 0.2) is 48.5 Å². The molecule has 5 nitrogen and oxygen atoms in total. The van der Waals surface area contributed by atoms with Crippen molar-refractivity contribution in [3.8, 4) is 0 Å². The zero-order valence-corrected chi connectivity index (χ0v) is 16.8. The molecule has 1 saturated heterocycles. The van der Waals surface area contributed by atoms with Gasteiger partial charge in [0.1, 0.15) is 0 Å². The highest BCUT2D eigenvalue weighted by molar-refractivity contribution is 5.90. The highest BCUT2D eigenvalue weighted by atomic mass is 16.2. The lowest BCUT2D eigenvalue weighted by Crippen LogP contribution is -2.49. The summed E-state index contributed by atoms with van der Waals surface area (Å²) in [5, 5.41) is 2.91. The molecule has 0 atom stereocenters. The third-order valence-electron chi connectivity index (χ3n) is 5.23. The van der Waals surface area contributed by atoms with Gasteiger partial charge in [0.15, 0.2) is 0 Å². The third-order valence-corrected chi connectivity index (χ3v) is 5.23. The minimum Gasteiger partial charge on any atom is -0.368 e. The maximum atomic E-state index is 12.6. The van der Waals surface area contributed by atoms with Crippen LogP contribution in [0.2, 0.25) is 0 Å². The molecular formula is C23H29N3O2. The Morgan fingerprint density at radius 2 is 1.64 bits per heavy atom. The normalized spacial score (nSPS) is 14.1. The summed E-state index contributed by atoms with van der Waals surface area (Å²) >= 11 is 0. The van der Waals surface area contributed by atoms with Crippen molar-refractivity contribution in [3.63, 3.8) is 0 Å². The molecule has 5 heteroatoms. The zero-order valence-electron chi connectivity index (χ0n) is 16.8. The van der Waals surface area contributed by atoms with Crippen molar-refractivity contribution in [3.05, 3.63) is 59.7 Å². The predicted octanol–water partition coefficient (Wildman–Crippen LogP) is 3.62. The van der Waals surface area contributed by atoms with Gasteiger partial charge in [-0.15, -0.1) is 0 Å². The van der Waals surface area contributed by atoms with Crippen LogP contribution in [-0.2, 0) is 16.0 Å². The van der Waals surface area contributed by atoms with Gasteiger partial charge in [-0.3, -0.25) is 9.59 Å². The molecule has 3 rings (SSSR count). The van der Waals surface area contributed by atoms with Crippen LogP contribution in [0.4, 0.5) is 11.4 Å². The predicted molar refractivity (Wildman–Crippen MR) is 114 cm³/mol. The molecule has 1 aliphatic heterocycles. The van der Waals surface area contributed by atoms with E-state index in [9.17, 15) is 9.59 Å². The van der Waals surface area contributed by atoms with E-state index in [1.165, 1.54) is 5.56 Å². The van der Waals surface area contributed by atoms with E-state index >= 15 is 0 Å². The van der Waals surface area contributed by atoms with Crippen molar-refractivity contribution in [1.29, 1.82) is 0 Å². The van der Waals surface area contributed by atoms with Gasteiger partial charge in [0.05, 0.1) is 6.42 Å². The number of hydrogen-bond donors (Lipinski definition) is 1. The summed E-state index contributed by atoms with van der Waals surface area (Å²) in [5.41, 5.74) is 4.23. The second-order valence-corrected chi connectivity index (χ2v) is 7.32. The summed E-state index contributed by atoms with van der Waals surface area (Å²) in [6.07, 6.45) is 1.86. The van der Waals surface area contributed by atoms with Crippen LogP contribution in [0.3, 0.4) is 0 Å². The van der Waals surface area contributed by atoms with Gasteiger partial charge in [-0.05, 0) is 48.7 Å². The first-order chi connectivity index (χ1) is 13.6. The third kappa shape index (κ3) is 5.12. The Morgan fingerprint density at radius 1 is 0.964 bits per heavy atom. The second-order valence-electron chi connectivity index (χ2n) is 7.32. The maximum Gasteiger partial charge on any atom is 0.227 e. The van der Waals surface area contributed by atoms with Crippen molar-refractivity contribution in [2.45, 2.75) is 33.1 Å². The number of amides is 2. The number of hydrogen-bond acceptors (Lipinski definition) is 3. The van der Waals surface area contributed by atoms with E-state index in [1.54, 1.807) is 0 Å². The first-order valence-corrected chi connectivity index (χ1v) is 10.0. The standard InChI is InChI=1S/C23H29N3O2/c1-3-6-22(27)24-20-9-11-21(12-10-20)25-13-15-26(16-14-25)23(28)17-19-8-5-4-7-18(19)2/h4-5,7-12H,3,6,13-17H2,1-2H3,(H,24,27). The number of nitrogens with one attached hydrogen (secondary N) is 1. The summed E-state index contributed by atoms with van der Waals surface area (Å²) in [6.45, 7) is 7.16. The topological polar surface area (TPSA) is 52.7 Å². The summed E-state index contributed by atoms with van der Waals surface area (Å²) < 4.78 is 0. The molecule has 0 bridgehead atoms.